The molecule has 0 saturated heterocycles. The van der Waals surface area contributed by atoms with Gasteiger partial charge in [0.1, 0.15) is 0 Å². The van der Waals surface area contributed by atoms with Crippen molar-refractivity contribution in [1.29, 1.82) is 0 Å². The van der Waals surface area contributed by atoms with Crippen LogP contribution in [0, 0.1) is 0 Å². The number of hydrogen-bond donors (Lipinski definition) is 2. The predicted molar refractivity (Wildman–Crippen MR) is 259 cm³/mol. The molecule has 0 spiro atoms. The first-order valence-electron chi connectivity index (χ1n) is 22.6. The van der Waals surface area contributed by atoms with Gasteiger partial charge in [-0.3, -0.25) is 19.6 Å². The molecule has 4 rings (SSSR count). The molecule has 2 heterocycles. The summed E-state index contributed by atoms with van der Waals surface area (Å²) in [5, 5.41) is 12.9. The summed E-state index contributed by atoms with van der Waals surface area (Å²) >= 11 is 11.3. The number of nitrogens with zero attached hydrogens (tertiary/aromatic N) is 6. The van der Waals surface area contributed by atoms with Crippen molar-refractivity contribution in [3.8, 4) is 0 Å². The molecule has 14 nitrogen and oxygen atoms in total. The molecule has 0 radical (unpaired) electrons. The maximum absolute atomic E-state index is 13.3. The van der Waals surface area contributed by atoms with Gasteiger partial charge in [-0.05, 0) is 85.5 Å². The summed E-state index contributed by atoms with van der Waals surface area (Å²) in [5.74, 6) is -2.45. The van der Waals surface area contributed by atoms with Gasteiger partial charge in [-0.2, -0.15) is 20.3 Å². The molecule has 2 aromatic heterocycles. The van der Waals surface area contributed by atoms with Crippen LogP contribution in [0.1, 0.15) is 102 Å². The number of carbonyl (C=O) groups is 2. The number of anilines is 2. The predicted octanol–water partition coefficient (Wildman–Crippen LogP) is 9.68. The van der Waals surface area contributed by atoms with E-state index in [9.17, 15) is 9.59 Å². The number of benzene rings is 2. The normalized spacial score (nSPS) is 11.0. The Kier molecular flexibility index (Phi) is 25.5. The highest BCUT2D eigenvalue weighted by Gasteiger charge is 2.27. The molecule has 4 aromatic rings. The molecule has 64 heavy (non-hydrogen) atoms. The van der Waals surface area contributed by atoms with E-state index in [1.807, 2.05) is 46.5 Å². The first-order valence-corrected chi connectivity index (χ1v) is 23.4. The average Bonchev–Trinajstić information content (AvgIpc) is 3.32. The number of aromatic nitrogens is 2. The van der Waals surface area contributed by atoms with E-state index in [-0.39, 0.29) is 23.3 Å². The van der Waals surface area contributed by atoms with Gasteiger partial charge in [0.2, 0.25) is 10.2 Å². The summed E-state index contributed by atoms with van der Waals surface area (Å²) in [4.78, 5) is 58.0. The van der Waals surface area contributed by atoms with Gasteiger partial charge in [0.15, 0.2) is 0 Å². The van der Waals surface area contributed by atoms with Crippen molar-refractivity contribution < 1.29 is 28.9 Å². The van der Waals surface area contributed by atoms with Crippen LogP contribution in [0.25, 0.3) is 0 Å². The van der Waals surface area contributed by atoms with Crippen molar-refractivity contribution in [1.82, 2.24) is 30.2 Å². The van der Waals surface area contributed by atoms with Crippen LogP contribution in [-0.2, 0) is 42.2 Å². The second kappa shape index (κ2) is 31.7. The molecule has 346 valence electrons. The highest BCUT2D eigenvalue weighted by molar-refractivity contribution is 7.80. The Morgan fingerprint density at radius 3 is 1.16 bits per heavy atom. The van der Waals surface area contributed by atoms with Gasteiger partial charge in [0, 0.05) is 62.3 Å². The van der Waals surface area contributed by atoms with Gasteiger partial charge in [0.05, 0.1) is 26.3 Å². The molecule has 0 unspecified atom stereocenters. The highest BCUT2D eigenvalue weighted by atomic mass is 32.1. The number of thiocarbonyl (C=S) groups is 2. The third kappa shape index (κ3) is 21.5. The molecule has 2 aromatic carbocycles. The zero-order chi connectivity index (χ0) is 45.5. The first kappa shape index (κ1) is 51.5. The van der Waals surface area contributed by atoms with Crippen molar-refractivity contribution in [3.63, 3.8) is 0 Å². The van der Waals surface area contributed by atoms with Gasteiger partial charge in [-0.1, -0.05) is 126 Å². The molecule has 2 N–H and O–H groups in total. The Morgan fingerprint density at radius 2 is 0.812 bits per heavy atom. The molecule has 16 heteroatoms. The van der Waals surface area contributed by atoms with Crippen LogP contribution in [-0.4, -0.2) is 91.7 Å². The Labute approximate surface area is 390 Å². The van der Waals surface area contributed by atoms with Crippen LogP contribution in [0.15, 0.2) is 110 Å². The topological polar surface area (TPSA) is 134 Å². The summed E-state index contributed by atoms with van der Waals surface area (Å²) in [6.07, 6.45) is 17.8. The largest absolute Gasteiger partial charge is 0.444 e. The molecule has 0 amide bonds. The molecule has 0 bridgehead atoms. The van der Waals surface area contributed by atoms with Crippen LogP contribution < -0.4 is 10.6 Å². The molecule has 0 aliphatic rings. The summed E-state index contributed by atoms with van der Waals surface area (Å²) in [6, 6.07) is 27.3. The van der Waals surface area contributed by atoms with Crippen molar-refractivity contribution in [2.75, 3.05) is 49.9 Å². The molecular formula is C48H66N8O6S2. The van der Waals surface area contributed by atoms with Gasteiger partial charge in [-0.25, -0.2) is 9.59 Å². The van der Waals surface area contributed by atoms with Crippen molar-refractivity contribution in [3.05, 3.63) is 121 Å². The standard InChI is InChI=1S/C48H66N8O6S2/c1-3-53(59-39-41-23-15-13-16-24-41)35-19-9-5-7-11-21-37-55(47(63)51-43-27-31-49-32-28-43)61-45(57)46(58)62-56(48(64)52-44-29-33-50-34-30-44)38-22-12-8-6-10-20-36-54(4-2)60-40-42-25-17-14-18-26-42/h13-18,23-34H,3-12,19-22,35-40H2,1-2H3,(H,49,51,63)(H,50,52,64). The van der Waals surface area contributed by atoms with Gasteiger partial charge >= 0.3 is 11.9 Å². The molecule has 0 atom stereocenters. The maximum Gasteiger partial charge on any atom is 0.444 e. The van der Waals surface area contributed by atoms with Gasteiger partial charge < -0.3 is 20.3 Å². The molecule has 0 aliphatic carbocycles. The zero-order valence-corrected chi connectivity index (χ0v) is 39.1. The van der Waals surface area contributed by atoms with Crippen molar-refractivity contribution >= 4 is 58.0 Å². The minimum Gasteiger partial charge on any atom is -0.330 e. The number of hydrogen-bond acceptors (Lipinski definition) is 12. The molecular weight excluding hydrogens is 849 g/mol. The minimum atomic E-state index is -1.22. The molecule has 0 aliphatic heterocycles. The second-order valence-electron chi connectivity index (χ2n) is 15.1. The highest BCUT2D eigenvalue weighted by Crippen LogP contribution is 2.14. The number of nitrogens with one attached hydrogen (secondary N) is 2. The van der Waals surface area contributed by atoms with Crippen LogP contribution in [0.3, 0.4) is 0 Å². The van der Waals surface area contributed by atoms with Crippen LogP contribution in [0.2, 0.25) is 0 Å². The van der Waals surface area contributed by atoms with Crippen LogP contribution in [0.5, 0.6) is 0 Å². The number of hydroxylamine groups is 8. The SMILES string of the molecule is CCN(CCCCCCCCN(OC(=O)C(=O)ON(CCCCCCCCN(CC)OCc1ccccc1)C(=S)Nc1ccncc1)C(=S)Nc1ccncc1)OCc1ccccc1. The Bertz CT molecular complexity index is 1750. The van der Waals surface area contributed by atoms with E-state index < -0.39 is 11.9 Å². The lowest BCUT2D eigenvalue weighted by Crippen LogP contribution is -2.43. The maximum atomic E-state index is 13.3. The van der Waals surface area contributed by atoms with E-state index in [0.717, 1.165) is 102 Å². The van der Waals surface area contributed by atoms with E-state index >= 15 is 0 Å². The van der Waals surface area contributed by atoms with Crippen LogP contribution in [0.4, 0.5) is 11.4 Å². The van der Waals surface area contributed by atoms with Crippen molar-refractivity contribution in [2.24, 2.45) is 0 Å². The smallest absolute Gasteiger partial charge is 0.330 e. The first-order chi connectivity index (χ1) is 31.3. The number of rotatable bonds is 28. The van der Waals surface area contributed by atoms with E-state index in [1.165, 1.54) is 10.1 Å². The summed E-state index contributed by atoms with van der Waals surface area (Å²) in [5.41, 5.74) is 3.62. The molecule has 0 saturated carbocycles. The number of pyridine rings is 2. The lowest BCUT2D eigenvalue weighted by molar-refractivity contribution is -0.200. The fourth-order valence-electron chi connectivity index (χ4n) is 6.50. The fraction of sp³-hybridized carbons (Fsp3) is 0.458. The van der Waals surface area contributed by atoms with E-state index in [4.69, 9.17) is 43.8 Å². The van der Waals surface area contributed by atoms with E-state index in [1.54, 1.807) is 49.1 Å². The molecule has 0 fully saturated rings. The summed E-state index contributed by atoms with van der Waals surface area (Å²) < 4.78 is 0. The Balaban J connectivity index is 1.21. The Morgan fingerprint density at radius 1 is 0.484 bits per heavy atom. The van der Waals surface area contributed by atoms with Gasteiger partial charge in [0.25, 0.3) is 0 Å². The fourth-order valence-corrected chi connectivity index (χ4v) is 7.00. The van der Waals surface area contributed by atoms with Crippen molar-refractivity contribution in [2.45, 2.75) is 104 Å². The monoisotopic (exact) mass is 914 g/mol. The number of unbranched alkanes of at least 4 members (excludes halogenated alkanes) is 10. The summed E-state index contributed by atoms with van der Waals surface area (Å²) in [7, 11) is 0. The minimum absolute atomic E-state index is 0.122. The lowest BCUT2D eigenvalue weighted by atomic mass is 10.1. The van der Waals surface area contributed by atoms with E-state index in [0.29, 0.717) is 37.4 Å². The number of carbonyl (C=O) groups excluding carboxylic acids is 2. The third-order valence-electron chi connectivity index (χ3n) is 10.1. The van der Waals surface area contributed by atoms with Crippen LogP contribution >= 0.6 is 24.4 Å². The van der Waals surface area contributed by atoms with Gasteiger partial charge in [-0.15, -0.1) is 0 Å². The summed E-state index contributed by atoms with van der Waals surface area (Å²) in [6.45, 7) is 9.24. The van der Waals surface area contributed by atoms with E-state index in [2.05, 4.69) is 58.7 Å². The quantitative estimate of drug-likeness (QED) is 0.0242. The third-order valence-corrected chi connectivity index (χ3v) is 10.7. The Hall–Kier alpha value is -5.10. The zero-order valence-electron chi connectivity index (χ0n) is 37.5. The lowest BCUT2D eigenvalue weighted by Gasteiger charge is -2.26. The second-order valence-corrected chi connectivity index (χ2v) is 15.9. The average molecular weight is 915 g/mol.